The molecule has 1 aromatic rings. The van der Waals surface area contributed by atoms with Gasteiger partial charge < -0.3 is 10.4 Å². The zero-order valence-corrected chi connectivity index (χ0v) is 9.71. The molecule has 0 aromatic heterocycles. The van der Waals surface area contributed by atoms with E-state index in [0.717, 1.165) is 5.56 Å². The molecule has 1 unspecified atom stereocenters. The van der Waals surface area contributed by atoms with Gasteiger partial charge >= 0.3 is 5.97 Å². The number of benzene rings is 1. The molecule has 0 aliphatic carbocycles. The third-order valence-electron chi connectivity index (χ3n) is 2.12. The Bertz CT molecular complexity index is 431. The van der Waals surface area contributed by atoms with Crippen molar-refractivity contribution >= 4 is 23.5 Å². The largest absolute Gasteiger partial charge is 0.479 e. The zero-order chi connectivity index (χ0) is 12.3. The van der Waals surface area contributed by atoms with Crippen LogP contribution in [-0.2, 0) is 9.59 Å². The lowest BCUT2D eigenvalue weighted by Crippen LogP contribution is -2.31. The molecule has 16 heavy (non-hydrogen) atoms. The van der Waals surface area contributed by atoms with Crippen LogP contribution in [-0.4, -0.2) is 17.0 Å². The molecule has 0 aliphatic heterocycles. The van der Waals surface area contributed by atoms with Crippen LogP contribution in [0.4, 0.5) is 0 Å². The quantitative estimate of drug-likeness (QED) is 0.850. The van der Waals surface area contributed by atoms with Crippen molar-refractivity contribution in [2.24, 2.45) is 0 Å². The lowest BCUT2D eigenvalue weighted by molar-refractivity contribution is -0.141. The molecule has 0 aliphatic rings. The summed E-state index contributed by atoms with van der Waals surface area (Å²) < 4.78 is 0. The van der Waals surface area contributed by atoms with E-state index in [1.54, 1.807) is 18.2 Å². The molecule has 0 heterocycles. The minimum Gasteiger partial charge on any atom is -0.479 e. The van der Waals surface area contributed by atoms with Gasteiger partial charge in [-0.05, 0) is 24.1 Å². The first-order valence-electron chi connectivity index (χ1n) is 4.67. The van der Waals surface area contributed by atoms with Crippen LogP contribution in [0.2, 0.25) is 5.02 Å². The molecule has 4 nitrogen and oxygen atoms in total. The third kappa shape index (κ3) is 2.97. The maximum absolute atomic E-state index is 11.0. The highest BCUT2D eigenvalue weighted by Gasteiger charge is 2.20. The van der Waals surface area contributed by atoms with Crippen molar-refractivity contribution in [1.82, 2.24) is 5.32 Å². The van der Waals surface area contributed by atoms with E-state index in [2.05, 4.69) is 5.32 Å². The van der Waals surface area contributed by atoms with E-state index in [0.29, 0.717) is 10.6 Å². The molecule has 1 atom stereocenters. The highest BCUT2D eigenvalue weighted by molar-refractivity contribution is 6.31. The maximum Gasteiger partial charge on any atom is 0.330 e. The van der Waals surface area contributed by atoms with Crippen LogP contribution in [0.5, 0.6) is 0 Å². The molecule has 0 saturated carbocycles. The summed E-state index contributed by atoms with van der Waals surface area (Å²) >= 11 is 5.89. The molecule has 0 fully saturated rings. The summed E-state index contributed by atoms with van der Waals surface area (Å²) in [6, 6.07) is 3.84. The number of hydrogen-bond donors (Lipinski definition) is 2. The fourth-order valence-electron chi connectivity index (χ4n) is 1.28. The summed E-state index contributed by atoms with van der Waals surface area (Å²) in [6.45, 7) is 3.09. The average Bonchev–Trinajstić information content (AvgIpc) is 2.18. The van der Waals surface area contributed by atoms with Gasteiger partial charge in [-0.15, -0.1) is 0 Å². The number of rotatable bonds is 3. The Kier molecular flexibility index (Phi) is 3.90. The van der Waals surface area contributed by atoms with Gasteiger partial charge in [0.2, 0.25) is 5.91 Å². The molecular formula is C11H12ClNO3. The molecule has 1 rings (SSSR count). The summed E-state index contributed by atoms with van der Waals surface area (Å²) in [7, 11) is 0. The van der Waals surface area contributed by atoms with Gasteiger partial charge in [-0.2, -0.15) is 0 Å². The Morgan fingerprint density at radius 1 is 1.44 bits per heavy atom. The van der Waals surface area contributed by atoms with Crippen molar-refractivity contribution in [2.75, 3.05) is 0 Å². The molecule has 5 heteroatoms. The van der Waals surface area contributed by atoms with Crippen molar-refractivity contribution in [1.29, 1.82) is 0 Å². The van der Waals surface area contributed by atoms with Gasteiger partial charge in [0.1, 0.15) is 0 Å². The van der Waals surface area contributed by atoms with Gasteiger partial charge in [-0.1, -0.05) is 23.7 Å². The molecule has 0 bridgehead atoms. The first kappa shape index (κ1) is 12.5. The second-order valence-electron chi connectivity index (χ2n) is 3.48. The van der Waals surface area contributed by atoms with Crippen molar-refractivity contribution in [3.8, 4) is 0 Å². The minimum absolute atomic E-state index is 0.399. The van der Waals surface area contributed by atoms with Gasteiger partial charge in [-0.3, -0.25) is 4.79 Å². The topological polar surface area (TPSA) is 66.4 Å². The summed E-state index contributed by atoms with van der Waals surface area (Å²) in [6.07, 6.45) is 0. The van der Waals surface area contributed by atoms with E-state index >= 15 is 0 Å². The van der Waals surface area contributed by atoms with Gasteiger partial charge in [-0.25, -0.2) is 4.79 Å². The lowest BCUT2D eigenvalue weighted by Gasteiger charge is -2.14. The summed E-state index contributed by atoms with van der Waals surface area (Å²) in [5, 5.41) is 11.8. The number of carbonyl (C=O) groups is 2. The molecule has 1 amide bonds. The Labute approximate surface area is 98.2 Å². The zero-order valence-electron chi connectivity index (χ0n) is 8.95. The highest BCUT2D eigenvalue weighted by atomic mass is 35.5. The molecule has 0 saturated heterocycles. The first-order chi connectivity index (χ1) is 7.41. The van der Waals surface area contributed by atoms with Crippen LogP contribution in [0.25, 0.3) is 0 Å². The monoisotopic (exact) mass is 241 g/mol. The number of amides is 1. The maximum atomic E-state index is 11.0. The van der Waals surface area contributed by atoms with Crippen LogP contribution in [0, 0.1) is 6.92 Å². The van der Waals surface area contributed by atoms with E-state index in [1.807, 2.05) is 6.92 Å². The van der Waals surface area contributed by atoms with Crippen molar-refractivity contribution < 1.29 is 14.7 Å². The van der Waals surface area contributed by atoms with Crippen molar-refractivity contribution in [2.45, 2.75) is 19.9 Å². The third-order valence-corrected chi connectivity index (χ3v) is 2.53. The Morgan fingerprint density at radius 3 is 2.50 bits per heavy atom. The van der Waals surface area contributed by atoms with Gasteiger partial charge in [0.05, 0.1) is 0 Å². The van der Waals surface area contributed by atoms with Crippen LogP contribution in [0.15, 0.2) is 18.2 Å². The number of nitrogens with one attached hydrogen (secondary N) is 1. The number of aryl methyl sites for hydroxylation is 1. The normalized spacial score (nSPS) is 11.9. The van der Waals surface area contributed by atoms with Gasteiger partial charge in [0.25, 0.3) is 0 Å². The average molecular weight is 242 g/mol. The molecular weight excluding hydrogens is 230 g/mol. The molecule has 0 radical (unpaired) electrons. The van der Waals surface area contributed by atoms with Crippen molar-refractivity contribution in [3.63, 3.8) is 0 Å². The van der Waals surface area contributed by atoms with Crippen LogP contribution in [0.3, 0.4) is 0 Å². The SMILES string of the molecule is CC(=O)NC(C(=O)O)c1ccc(C)c(Cl)c1. The first-order valence-corrected chi connectivity index (χ1v) is 5.05. The van der Waals surface area contributed by atoms with Crippen LogP contribution in [0.1, 0.15) is 24.1 Å². The molecule has 86 valence electrons. The predicted molar refractivity (Wildman–Crippen MR) is 60.4 cm³/mol. The van der Waals surface area contributed by atoms with Gasteiger partial charge in [0.15, 0.2) is 6.04 Å². The van der Waals surface area contributed by atoms with Crippen LogP contribution < -0.4 is 5.32 Å². The standard InChI is InChI=1S/C11H12ClNO3/c1-6-3-4-8(5-9(6)12)10(11(15)16)13-7(2)14/h3-5,10H,1-2H3,(H,13,14)(H,15,16). The Balaban J connectivity index is 3.06. The smallest absolute Gasteiger partial charge is 0.330 e. The Morgan fingerprint density at radius 2 is 2.06 bits per heavy atom. The van der Waals surface area contributed by atoms with E-state index in [4.69, 9.17) is 16.7 Å². The van der Waals surface area contributed by atoms with E-state index in [1.165, 1.54) is 6.92 Å². The second kappa shape index (κ2) is 4.99. The number of carboxylic acids is 1. The lowest BCUT2D eigenvalue weighted by atomic mass is 10.1. The minimum atomic E-state index is -1.12. The predicted octanol–water partition coefficient (Wildman–Crippen LogP) is 1.91. The molecule has 0 spiro atoms. The van der Waals surface area contributed by atoms with E-state index in [-0.39, 0.29) is 0 Å². The number of halogens is 1. The summed E-state index contributed by atoms with van der Waals surface area (Å²) in [5.74, 6) is -1.51. The fraction of sp³-hybridized carbons (Fsp3) is 0.273. The fourth-order valence-corrected chi connectivity index (χ4v) is 1.47. The van der Waals surface area contributed by atoms with Crippen LogP contribution >= 0.6 is 11.6 Å². The van der Waals surface area contributed by atoms with E-state index < -0.39 is 17.9 Å². The summed E-state index contributed by atoms with van der Waals surface area (Å²) in [4.78, 5) is 21.9. The number of carboxylic acid groups (broad SMARTS) is 1. The Hall–Kier alpha value is -1.55. The van der Waals surface area contributed by atoms with Gasteiger partial charge in [0, 0.05) is 11.9 Å². The number of carbonyl (C=O) groups excluding carboxylic acids is 1. The molecule has 2 N–H and O–H groups in total. The van der Waals surface area contributed by atoms with E-state index in [9.17, 15) is 9.59 Å². The van der Waals surface area contributed by atoms with Crippen molar-refractivity contribution in [3.05, 3.63) is 34.3 Å². The summed E-state index contributed by atoms with van der Waals surface area (Å²) in [5.41, 5.74) is 1.32. The highest BCUT2D eigenvalue weighted by Crippen LogP contribution is 2.21. The molecule has 1 aromatic carbocycles. The number of hydrogen-bond acceptors (Lipinski definition) is 2. The second-order valence-corrected chi connectivity index (χ2v) is 3.89. The number of aliphatic carboxylic acids is 1.